The van der Waals surface area contributed by atoms with E-state index in [1.807, 2.05) is 0 Å². The van der Waals surface area contributed by atoms with Gasteiger partial charge in [-0.2, -0.15) is 0 Å². The van der Waals surface area contributed by atoms with Crippen LogP contribution in [0.5, 0.6) is 0 Å². The van der Waals surface area contributed by atoms with Gasteiger partial charge in [-0.05, 0) is 37.5 Å². The second-order valence-electron chi connectivity index (χ2n) is 5.64. The third kappa shape index (κ3) is 2.28. The van der Waals surface area contributed by atoms with Crippen molar-refractivity contribution in [2.24, 2.45) is 11.8 Å². The van der Waals surface area contributed by atoms with Crippen molar-refractivity contribution in [3.8, 4) is 12.3 Å². The predicted molar refractivity (Wildman–Crippen MR) is 66.9 cm³/mol. The second-order valence-corrected chi connectivity index (χ2v) is 5.64. The fraction of sp³-hybridized carbons (Fsp3) is 0.867. The van der Waals surface area contributed by atoms with E-state index in [0.717, 1.165) is 25.7 Å². The highest BCUT2D eigenvalue weighted by molar-refractivity contribution is 5.14. The fourth-order valence-electron chi connectivity index (χ4n) is 3.65. The zero-order chi connectivity index (χ0) is 11.4. The highest BCUT2D eigenvalue weighted by atomic mass is 16.3. The molecule has 0 heterocycles. The molecule has 16 heavy (non-hydrogen) atoms. The first-order valence-electron chi connectivity index (χ1n) is 6.97. The SMILES string of the molecule is C#CC(O)(C1CCCCC1)C1CCCCC1. The molecule has 0 bridgehead atoms. The Hall–Kier alpha value is -0.480. The van der Waals surface area contributed by atoms with Gasteiger partial charge in [-0.1, -0.05) is 44.4 Å². The lowest BCUT2D eigenvalue weighted by Crippen LogP contribution is -2.45. The van der Waals surface area contributed by atoms with Crippen LogP contribution in [0.1, 0.15) is 64.2 Å². The fourth-order valence-corrected chi connectivity index (χ4v) is 3.65. The zero-order valence-electron chi connectivity index (χ0n) is 10.3. The Morgan fingerprint density at radius 3 is 1.50 bits per heavy atom. The van der Waals surface area contributed by atoms with Crippen molar-refractivity contribution in [2.45, 2.75) is 69.8 Å². The van der Waals surface area contributed by atoms with Gasteiger partial charge < -0.3 is 5.11 Å². The average molecular weight is 220 g/mol. The molecule has 0 unspecified atom stereocenters. The van der Waals surface area contributed by atoms with Gasteiger partial charge in [-0.3, -0.25) is 0 Å². The molecule has 1 heteroatoms. The summed E-state index contributed by atoms with van der Waals surface area (Å²) in [4.78, 5) is 0. The van der Waals surface area contributed by atoms with Crippen molar-refractivity contribution in [3.05, 3.63) is 0 Å². The first-order valence-corrected chi connectivity index (χ1v) is 6.97. The largest absolute Gasteiger partial charge is 0.377 e. The Kier molecular flexibility index (Phi) is 3.92. The van der Waals surface area contributed by atoms with E-state index in [1.54, 1.807) is 0 Å². The summed E-state index contributed by atoms with van der Waals surface area (Å²) in [5.74, 6) is 3.51. The van der Waals surface area contributed by atoms with Crippen molar-refractivity contribution in [1.29, 1.82) is 0 Å². The molecule has 0 radical (unpaired) electrons. The maximum absolute atomic E-state index is 10.8. The van der Waals surface area contributed by atoms with Crippen LogP contribution in [0, 0.1) is 24.2 Å². The number of aliphatic hydroxyl groups is 1. The summed E-state index contributed by atoms with van der Waals surface area (Å²) < 4.78 is 0. The second kappa shape index (κ2) is 5.23. The minimum absolute atomic E-state index is 0.370. The number of terminal acetylenes is 1. The Labute approximate surface area is 99.6 Å². The minimum atomic E-state index is -0.791. The lowest BCUT2D eigenvalue weighted by Gasteiger charge is -2.42. The standard InChI is InChI=1S/C15H24O/c1-2-15(16,13-9-5-3-6-10-13)14-11-7-4-8-12-14/h1,13-14,16H,3-12H2. The summed E-state index contributed by atoms with van der Waals surface area (Å²) in [6, 6.07) is 0. The molecule has 2 aliphatic rings. The predicted octanol–water partition coefficient (Wildman–Crippen LogP) is 3.51. The molecule has 0 aromatic rings. The molecule has 1 N–H and O–H groups in total. The van der Waals surface area contributed by atoms with E-state index < -0.39 is 5.60 Å². The van der Waals surface area contributed by atoms with Crippen LogP contribution in [-0.4, -0.2) is 10.7 Å². The van der Waals surface area contributed by atoms with E-state index in [1.165, 1.54) is 38.5 Å². The molecule has 2 fully saturated rings. The van der Waals surface area contributed by atoms with Crippen LogP contribution in [0.3, 0.4) is 0 Å². The molecule has 2 saturated carbocycles. The average Bonchev–Trinajstić information content (AvgIpc) is 2.40. The van der Waals surface area contributed by atoms with E-state index in [9.17, 15) is 5.11 Å². The van der Waals surface area contributed by atoms with E-state index in [2.05, 4.69) is 5.92 Å². The molecule has 90 valence electrons. The van der Waals surface area contributed by atoms with E-state index in [-0.39, 0.29) is 0 Å². The van der Waals surface area contributed by atoms with Crippen LogP contribution in [0.4, 0.5) is 0 Å². The van der Waals surface area contributed by atoms with Crippen molar-refractivity contribution in [3.63, 3.8) is 0 Å². The Morgan fingerprint density at radius 1 is 0.812 bits per heavy atom. The molecule has 1 nitrogen and oxygen atoms in total. The monoisotopic (exact) mass is 220 g/mol. The molecule has 0 amide bonds. The topological polar surface area (TPSA) is 20.2 Å². The van der Waals surface area contributed by atoms with Gasteiger partial charge in [-0.25, -0.2) is 0 Å². The van der Waals surface area contributed by atoms with Crippen LogP contribution < -0.4 is 0 Å². The molecule has 0 spiro atoms. The summed E-state index contributed by atoms with van der Waals surface area (Å²) in [6.07, 6.45) is 17.9. The van der Waals surface area contributed by atoms with Crippen LogP contribution in [0.15, 0.2) is 0 Å². The van der Waals surface area contributed by atoms with Crippen molar-refractivity contribution >= 4 is 0 Å². The summed E-state index contributed by atoms with van der Waals surface area (Å²) in [7, 11) is 0. The molecule has 0 atom stereocenters. The van der Waals surface area contributed by atoms with Gasteiger partial charge in [0, 0.05) is 0 Å². The van der Waals surface area contributed by atoms with Crippen LogP contribution in [0.25, 0.3) is 0 Å². The van der Waals surface area contributed by atoms with Crippen LogP contribution in [-0.2, 0) is 0 Å². The third-order valence-corrected chi connectivity index (χ3v) is 4.69. The van der Waals surface area contributed by atoms with Gasteiger partial charge >= 0.3 is 0 Å². The zero-order valence-corrected chi connectivity index (χ0v) is 10.3. The molecular weight excluding hydrogens is 196 g/mol. The van der Waals surface area contributed by atoms with Gasteiger partial charge in [0.1, 0.15) is 5.60 Å². The maximum Gasteiger partial charge on any atom is 0.130 e. The van der Waals surface area contributed by atoms with Gasteiger partial charge in [0.25, 0.3) is 0 Å². The third-order valence-electron chi connectivity index (χ3n) is 4.69. The minimum Gasteiger partial charge on any atom is -0.377 e. The van der Waals surface area contributed by atoms with Crippen molar-refractivity contribution in [2.75, 3.05) is 0 Å². The molecule has 2 rings (SSSR count). The van der Waals surface area contributed by atoms with Gasteiger partial charge in [0.2, 0.25) is 0 Å². The maximum atomic E-state index is 10.8. The number of hydrogen-bond acceptors (Lipinski definition) is 1. The van der Waals surface area contributed by atoms with E-state index in [4.69, 9.17) is 6.42 Å². The van der Waals surface area contributed by atoms with E-state index >= 15 is 0 Å². The number of hydrogen-bond donors (Lipinski definition) is 1. The number of rotatable bonds is 2. The molecule has 2 aliphatic carbocycles. The highest BCUT2D eigenvalue weighted by Gasteiger charge is 2.42. The summed E-state index contributed by atoms with van der Waals surface area (Å²) in [5, 5.41) is 10.8. The Bertz CT molecular complexity index is 233. The molecular formula is C15H24O. The molecule has 0 aromatic heterocycles. The molecule has 0 saturated heterocycles. The van der Waals surface area contributed by atoms with Gasteiger partial charge in [-0.15, -0.1) is 6.42 Å². The van der Waals surface area contributed by atoms with Crippen molar-refractivity contribution < 1.29 is 5.11 Å². The van der Waals surface area contributed by atoms with Crippen molar-refractivity contribution in [1.82, 2.24) is 0 Å². The quantitative estimate of drug-likeness (QED) is 0.706. The summed E-state index contributed by atoms with van der Waals surface area (Å²) in [6.45, 7) is 0. The van der Waals surface area contributed by atoms with E-state index in [0.29, 0.717) is 11.8 Å². The Morgan fingerprint density at radius 2 is 1.19 bits per heavy atom. The van der Waals surface area contributed by atoms with Gasteiger partial charge in [0.05, 0.1) is 0 Å². The first-order chi connectivity index (χ1) is 7.77. The van der Waals surface area contributed by atoms with Crippen LogP contribution in [0.2, 0.25) is 0 Å². The Balaban J connectivity index is 2.07. The molecule has 0 aliphatic heterocycles. The lowest BCUT2D eigenvalue weighted by atomic mass is 9.67. The normalized spacial score (nSPS) is 25.2. The summed E-state index contributed by atoms with van der Waals surface area (Å²) in [5.41, 5.74) is -0.791. The van der Waals surface area contributed by atoms with Crippen LogP contribution >= 0.6 is 0 Å². The molecule has 0 aromatic carbocycles. The smallest absolute Gasteiger partial charge is 0.130 e. The highest BCUT2D eigenvalue weighted by Crippen LogP contribution is 2.42. The lowest BCUT2D eigenvalue weighted by molar-refractivity contribution is -0.0430. The first kappa shape index (κ1) is 12.0. The summed E-state index contributed by atoms with van der Waals surface area (Å²) >= 11 is 0. The van der Waals surface area contributed by atoms with Gasteiger partial charge in [0.15, 0.2) is 0 Å².